The number of aliphatic hydroxyl groups is 1. The first-order chi connectivity index (χ1) is 9.52. The Morgan fingerprint density at radius 3 is 2.55 bits per heavy atom. The van der Waals surface area contributed by atoms with Gasteiger partial charge in [-0.3, -0.25) is 4.79 Å². The first kappa shape index (κ1) is 13.6. The zero-order chi connectivity index (χ0) is 14.3. The van der Waals surface area contributed by atoms with Crippen molar-refractivity contribution >= 4 is 5.91 Å². The highest BCUT2D eigenvalue weighted by atomic mass is 16.3. The Morgan fingerprint density at radius 1 is 1.25 bits per heavy atom. The van der Waals surface area contributed by atoms with Gasteiger partial charge in [0, 0.05) is 25.4 Å². The number of aryl methyl sites for hydroxylation is 3. The van der Waals surface area contributed by atoms with Crippen LogP contribution in [-0.2, 0) is 11.2 Å². The van der Waals surface area contributed by atoms with Crippen molar-refractivity contribution in [3.63, 3.8) is 0 Å². The molecule has 3 atom stereocenters. The molecule has 0 spiro atoms. The summed E-state index contributed by atoms with van der Waals surface area (Å²) in [6.45, 7) is 5.81. The van der Waals surface area contributed by atoms with Gasteiger partial charge in [-0.25, -0.2) is 0 Å². The van der Waals surface area contributed by atoms with E-state index in [1.807, 2.05) is 4.90 Å². The lowest BCUT2D eigenvalue weighted by Crippen LogP contribution is -2.39. The molecule has 1 aliphatic heterocycles. The lowest BCUT2D eigenvalue weighted by Gasteiger charge is -2.34. The standard InChI is InChI=1S/C17H23NO2/c1-11-5-12(2)7-13(6-11)3-4-17(20)18-9-14-8-16(19)15(14)10-18/h5-7,14-16,19H,3-4,8-10H2,1-2H3/t14-,15+,16-/m1/s1. The number of carbonyl (C=O) groups excluding carboxylic acids is 1. The van der Waals surface area contributed by atoms with E-state index in [4.69, 9.17) is 0 Å². The van der Waals surface area contributed by atoms with Crippen LogP contribution in [0.1, 0.15) is 29.5 Å². The Balaban J connectivity index is 1.55. The van der Waals surface area contributed by atoms with Crippen LogP contribution in [0.5, 0.6) is 0 Å². The molecule has 3 rings (SSSR count). The quantitative estimate of drug-likeness (QED) is 0.916. The van der Waals surface area contributed by atoms with Crippen LogP contribution >= 0.6 is 0 Å². The normalized spacial score (nSPS) is 28.1. The minimum atomic E-state index is -0.169. The number of hydrogen-bond acceptors (Lipinski definition) is 2. The zero-order valence-electron chi connectivity index (χ0n) is 12.3. The highest BCUT2D eigenvalue weighted by Crippen LogP contribution is 2.40. The summed E-state index contributed by atoms with van der Waals surface area (Å²) < 4.78 is 0. The van der Waals surface area contributed by atoms with Crippen molar-refractivity contribution in [1.82, 2.24) is 4.90 Å². The highest BCUT2D eigenvalue weighted by Gasteiger charge is 2.47. The van der Waals surface area contributed by atoms with Crippen molar-refractivity contribution in [1.29, 1.82) is 0 Å². The zero-order valence-corrected chi connectivity index (χ0v) is 12.3. The first-order valence-electron chi connectivity index (χ1n) is 7.56. The van der Waals surface area contributed by atoms with Crippen molar-refractivity contribution in [3.8, 4) is 0 Å². The van der Waals surface area contributed by atoms with Gasteiger partial charge in [0.25, 0.3) is 0 Å². The Morgan fingerprint density at radius 2 is 1.95 bits per heavy atom. The van der Waals surface area contributed by atoms with Gasteiger partial charge in [0.05, 0.1) is 6.10 Å². The Hall–Kier alpha value is -1.35. The molecule has 1 saturated heterocycles. The molecule has 108 valence electrons. The van der Waals surface area contributed by atoms with Crippen molar-refractivity contribution < 1.29 is 9.90 Å². The number of hydrogen-bond donors (Lipinski definition) is 1. The highest BCUT2D eigenvalue weighted by molar-refractivity contribution is 5.77. The van der Waals surface area contributed by atoms with Crippen molar-refractivity contribution in [2.75, 3.05) is 13.1 Å². The van der Waals surface area contributed by atoms with E-state index in [2.05, 4.69) is 32.0 Å². The molecule has 0 unspecified atom stereocenters. The van der Waals surface area contributed by atoms with Gasteiger partial charge in [-0.15, -0.1) is 0 Å². The van der Waals surface area contributed by atoms with E-state index in [1.54, 1.807) is 0 Å². The molecular weight excluding hydrogens is 250 g/mol. The molecule has 2 aliphatic rings. The third-order valence-corrected chi connectivity index (χ3v) is 4.79. The minimum absolute atomic E-state index is 0.169. The van der Waals surface area contributed by atoms with Crippen molar-refractivity contribution in [2.24, 2.45) is 11.8 Å². The van der Waals surface area contributed by atoms with E-state index in [0.29, 0.717) is 18.3 Å². The Labute approximate surface area is 120 Å². The summed E-state index contributed by atoms with van der Waals surface area (Å²) in [4.78, 5) is 14.2. The molecule has 1 aliphatic carbocycles. The molecular formula is C17H23NO2. The maximum atomic E-state index is 12.3. The van der Waals surface area contributed by atoms with Gasteiger partial charge in [0.2, 0.25) is 5.91 Å². The summed E-state index contributed by atoms with van der Waals surface area (Å²) >= 11 is 0. The summed E-state index contributed by atoms with van der Waals surface area (Å²) in [6, 6.07) is 6.49. The fourth-order valence-corrected chi connectivity index (χ4v) is 3.70. The van der Waals surface area contributed by atoms with Gasteiger partial charge >= 0.3 is 0 Å². The van der Waals surface area contributed by atoms with Gasteiger partial charge in [-0.1, -0.05) is 29.3 Å². The summed E-state index contributed by atoms with van der Waals surface area (Å²) in [6.07, 6.45) is 2.11. The number of aliphatic hydroxyl groups excluding tert-OH is 1. The molecule has 1 amide bonds. The second-order valence-corrected chi connectivity index (χ2v) is 6.52. The van der Waals surface area contributed by atoms with Crippen LogP contribution in [-0.4, -0.2) is 35.1 Å². The number of carbonyl (C=O) groups is 1. The number of rotatable bonds is 3. The van der Waals surface area contributed by atoms with E-state index >= 15 is 0 Å². The molecule has 20 heavy (non-hydrogen) atoms. The average molecular weight is 273 g/mol. The number of amides is 1. The summed E-state index contributed by atoms with van der Waals surface area (Å²) in [5.74, 6) is 1.14. The third-order valence-electron chi connectivity index (χ3n) is 4.79. The second kappa shape index (κ2) is 5.21. The molecule has 1 aromatic rings. The molecule has 0 aromatic heterocycles. The van der Waals surface area contributed by atoms with E-state index < -0.39 is 0 Å². The summed E-state index contributed by atoms with van der Waals surface area (Å²) in [5, 5.41) is 9.65. The Kier molecular flexibility index (Phi) is 3.55. The van der Waals surface area contributed by atoms with Crippen LogP contribution in [0, 0.1) is 25.7 Å². The van der Waals surface area contributed by atoms with Gasteiger partial charge in [-0.2, -0.15) is 0 Å². The maximum Gasteiger partial charge on any atom is 0.222 e. The van der Waals surface area contributed by atoms with Gasteiger partial charge < -0.3 is 10.0 Å². The van der Waals surface area contributed by atoms with Gasteiger partial charge in [0.15, 0.2) is 0 Å². The molecule has 3 nitrogen and oxygen atoms in total. The number of likely N-dealkylation sites (tertiary alicyclic amines) is 1. The van der Waals surface area contributed by atoms with E-state index in [9.17, 15) is 9.90 Å². The molecule has 1 N–H and O–H groups in total. The van der Waals surface area contributed by atoms with Crippen molar-refractivity contribution in [2.45, 2.75) is 39.2 Å². The minimum Gasteiger partial charge on any atom is -0.393 e. The fourth-order valence-electron chi connectivity index (χ4n) is 3.70. The molecule has 1 heterocycles. The molecule has 2 fully saturated rings. The van der Waals surface area contributed by atoms with E-state index in [1.165, 1.54) is 16.7 Å². The van der Waals surface area contributed by atoms with Crippen LogP contribution in [0.4, 0.5) is 0 Å². The average Bonchev–Trinajstić information content (AvgIpc) is 2.72. The van der Waals surface area contributed by atoms with E-state index in [-0.39, 0.29) is 12.0 Å². The lowest BCUT2D eigenvalue weighted by atomic mass is 9.74. The van der Waals surface area contributed by atoms with Gasteiger partial charge in [-0.05, 0) is 38.2 Å². The molecule has 0 radical (unpaired) electrons. The van der Waals surface area contributed by atoms with Gasteiger partial charge in [0.1, 0.15) is 0 Å². The number of fused-ring (bicyclic) bond motifs is 1. The van der Waals surface area contributed by atoms with Crippen LogP contribution in [0.15, 0.2) is 18.2 Å². The largest absolute Gasteiger partial charge is 0.393 e. The summed E-state index contributed by atoms with van der Waals surface area (Å²) in [5.41, 5.74) is 3.77. The predicted octanol–water partition coefficient (Wildman–Crippen LogP) is 2.08. The Bertz CT molecular complexity index is 505. The van der Waals surface area contributed by atoms with Crippen LogP contribution in [0.25, 0.3) is 0 Å². The smallest absolute Gasteiger partial charge is 0.222 e. The monoisotopic (exact) mass is 273 g/mol. The molecule has 3 heteroatoms. The number of benzene rings is 1. The van der Waals surface area contributed by atoms with Crippen molar-refractivity contribution in [3.05, 3.63) is 34.9 Å². The van der Waals surface area contributed by atoms with Crippen LogP contribution < -0.4 is 0 Å². The first-order valence-corrected chi connectivity index (χ1v) is 7.56. The SMILES string of the molecule is Cc1cc(C)cc(CCC(=O)N2C[C@H]3C[C@@H](O)[C@H]3C2)c1. The molecule has 1 aromatic carbocycles. The second-order valence-electron chi connectivity index (χ2n) is 6.52. The molecule has 1 saturated carbocycles. The maximum absolute atomic E-state index is 12.3. The van der Waals surface area contributed by atoms with Crippen LogP contribution in [0.2, 0.25) is 0 Å². The fraction of sp³-hybridized carbons (Fsp3) is 0.588. The predicted molar refractivity (Wildman–Crippen MR) is 78.4 cm³/mol. The lowest BCUT2D eigenvalue weighted by molar-refractivity contribution is -0.130. The van der Waals surface area contributed by atoms with Crippen LogP contribution in [0.3, 0.4) is 0 Å². The third kappa shape index (κ3) is 2.59. The summed E-state index contributed by atoms with van der Waals surface area (Å²) in [7, 11) is 0. The molecule has 0 bridgehead atoms. The number of nitrogens with zero attached hydrogens (tertiary/aromatic N) is 1. The van der Waals surface area contributed by atoms with E-state index in [0.717, 1.165) is 25.9 Å². The topological polar surface area (TPSA) is 40.5 Å².